The van der Waals surface area contributed by atoms with Crippen molar-refractivity contribution < 1.29 is 13.9 Å². The molecule has 2 unspecified atom stereocenters. The Morgan fingerprint density at radius 2 is 1.90 bits per heavy atom. The number of anilines is 1. The first kappa shape index (κ1) is 24.0. The fourth-order valence-corrected chi connectivity index (χ4v) is 5.68. The Balaban J connectivity index is 1.32. The van der Waals surface area contributed by atoms with Gasteiger partial charge in [-0.05, 0) is 72.0 Å². The highest BCUT2D eigenvalue weighted by Crippen LogP contribution is 2.45. The van der Waals surface area contributed by atoms with Crippen LogP contribution in [0.15, 0.2) is 97.3 Å². The highest BCUT2D eigenvalue weighted by Gasteiger charge is 2.34. The topological polar surface area (TPSA) is 88.7 Å². The second-order valence-electron chi connectivity index (χ2n) is 10.1. The standard InChI is InChI=1S/C32H26FN5O2/c1-19(22-12-13-37-29(15-22)25(17-35-37)20-6-8-21(9-7-20)32(34)39)38-28-11-10-24(33)16-31(28)40-18-30(38)27-14-23-4-2-3-5-26(23)36-27/h2-17,19,30,36H,18H2,1H3,(H2,34,39). The number of hydrogen-bond acceptors (Lipinski definition) is 4. The van der Waals surface area contributed by atoms with E-state index in [9.17, 15) is 9.18 Å². The molecule has 0 aliphatic carbocycles. The third kappa shape index (κ3) is 3.96. The average Bonchev–Trinajstić information content (AvgIpc) is 3.60. The number of aromatic nitrogens is 3. The van der Waals surface area contributed by atoms with Gasteiger partial charge in [0.25, 0.3) is 0 Å². The van der Waals surface area contributed by atoms with E-state index < -0.39 is 5.91 Å². The molecule has 3 N–H and O–H groups in total. The van der Waals surface area contributed by atoms with Crippen molar-refractivity contribution >= 4 is 28.0 Å². The number of nitrogens with two attached hydrogens (primary N) is 1. The Kier molecular flexibility index (Phi) is 5.55. The molecule has 40 heavy (non-hydrogen) atoms. The molecule has 198 valence electrons. The smallest absolute Gasteiger partial charge is 0.248 e. The van der Waals surface area contributed by atoms with Crippen LogP contribution >= 0.6 is 0 Å². The summed E-state index contributed by atoms with van der Waals surface area (Å²) in [7, 11) is 0. The molecule has 0 bridgehead atoms. The summed E-state index contributed by atoms with van der Waals surface area (Å²) in [4.78, 5) is 17.4. The van der Waals surface area contributed by atoms with E-state index in [4.69, 9.17) is 10.5 Å². The van der Waals surface area contributed by atoms with Gasteiger partial charge in [0.1, 0.15) is 24.2 Å². The first-order valence-electron chi connectivity index (χ1n) is 13.1. The summed E-state index contributed by atoms with van der Waals surface area (Å²) in [5.41, 5.74) is 12.7. The molecular weight excluding hydrogens is 505 g/mol. The zero-order valence-electron chi connectivity index (χ0n) is 21.7. The van der Waals surface area contributed by atoms with Crippen molar-refractivity contribution in [3.8, 4) is 16.9 Å². The second kappa shape index (κ2) is 9.27. The predicted molar refractivity (Wildman–Crippen MR) is 153 cm³/mol. The molecule has 7 nitrogen and oxygen atoms in total. The number of carbonyl (C=O) groups excluding carboxylic acids is 1. The molecule has 7 rings (SSSR count). The maximum absolute atomic E-state index is 14.2. The number of pyridine rings is 1. The lowest BCUT2D eigenvalue weighted by molar-refractivity contribution is 0.100. The molecule has 1 aliphatic rings. The molecule has 2 atom stereocenters. The van der Waals surface area contributed by atoms with Crippen LogP contribution in [0.2, 0.25) is 0 Å². The Hall–Kier alpha value is -5.11. The Labute approximate surface area is 229 Å². The van der Waals surface area contributed by atoms with Crippen LogP contribution in [0.5, 0.6) is 5.75 Å². The highest BCUT2D eigenvalue weighted by molar-refractivity contribution is 5.93. The van der Waals surface area contributed by atoms with Gasteiger partial charge < -0.3 is 20.4 Å². The van der Waals surface area contributed by atoms with Crippen molar-refractivity contribution in [2.75, 3.05) is 11.5 Å². The number of para-hydroxylation sites is 1. The Morgan fingerprint density at radius 3 is 2.70 bits per heavy atom. The summed E-state index contributed by atoms with van der Waals surface area (Å²) in [5.74, 6) is -0.263. The number of nitrogens with zero attached hydrogens (tertiary/aromatic N) is 3. The van der Waals surface area contributed by atoms with Gasteiger partial charge in [-0.1, -0.05) is 30.3 Å². The number of rotatable bonds is 5. The van der Waals surface area contributed by atoms with Gasteiger partial charge in [0.05, 0.1) is 23.4 Å². The van der Waals surface area contributed by atoms with Gasteiger partial charge in [-0.3, -0.25) is 4.79 Å². The van der Waals surface area contributed by atoms with E-state index in [2.05, 4.69) is 52.2 Å². The van der Waals surface area contributed by atoms with Crippen LogP contribution < -0.4 is 15.4 Å². The Morgan fingerprint density at radius 1 is 1.07 bits per heavy atom. The average molecular weight is 532 g/mol. The van der Waals surface area contributed by atoms with Crippen LogP contribution in [-0.4, -0.2) is 27.1 Å². The van der Waals surface area contributed by atoms with Crippen LogP contribution in [0, 0.1) is 5.82 Å². The summed E-state index contributed by atoms with van der Waals surface area (Å²) in [6.07, 6.45) is 3.77. The normalized spacial score (nSPS) is 15.7. The minimum atomic E-state index is -0.460. The molecule has 1 aliphatic heterocycles. The summed E-state index contributed by atoms with van der Waals surface area (Å²) in [5, 5.41) is 5.67. The SMILES string of the molecule is CC(c1ccn2ncc(-c3ccc(C(N)=O)cc3)c2c1)N1c2ccc(F)cc2OCC1c1cc2ccccc2[nH]1. The first-order chi connectivity index (χ1) is 19.5. The van der Waals surface area contributed by atoms with Gasteiger partial charge in [0.15, 0.2) is 0 Å². The van der Waals surface area contributed by atoms with Crippen LogP contribution in [-0.2, 0) is 0 Å². The van der Waals surface area contributed by atoms with Crippen molar-refractivity contribution in [3.05, 3.63) is 120 Å². The first-order valence-corrected chi connectivity index (χ1v) is 13.1. The number of hydrogen-bond donors (Lipinski definition) is 2. The lowest BCUT2D eigenvalue weighted by atomic mass is 9.99. The van der Waals surface area contributed by atoms with E-state index in [0.29, 0.717) is 17.9 Å². The summed E-state index contributed by atoms with van der Waals surface area (Å²) >= 11 is 0. The van der Waals surface area contributed by atoms with Gasteiger partial charge in [0.2, 0.25) is 5.91 Å². The van der Waals surface area contributed by atoms with Gasteiger partial charge in [0, 0.05) is 34.6 Å². The third-order valence-corrected chi connectivity index (χ3v) is 7.77. The number of H-pyrrole nitrogens is 1. The lowest BCUT2D eigenvalue weighted by Crippen LogP contribution is -2.38. The maximum Gasteiger partial charge on any atom is 0.248 e. The predicted octanol–water partition coefficient (Wildman–Crippen LogP) is 6.42. The molecule has 0 radical (unpaired) electrons. The number of aromatic amines is 1. The molecular formula is C32H26FN5O2. The van der Waals surface area contributed by atoms with Crippen molar-refractivity contribution in [1.29, 1.82) is 0 Å². The number of halogens is 1. The molecule has 3 aromatic heterocycles. The molecule has 8 heteroatoms. The summed E-state index contributed by atoms with van der Waals surface area (Å²) in [6, 6.07) is 26.2. The number of amides is 1. The minimum absolute atomic E-state index is 0.0884. The summed E-state index contributed by atoms with van der Waals surface area (Å²) < 4.78 is 22.1. The van der Waals surface area contributed by atoms with Crippen molar-refractivity contribution in [1.82, 2.24) is 14.6 Å². The maximum atomic E-state index is 14.2. The zero-order chi connectivity index (χ0) is 27.4. The van der Waals surface area contributed by atoms with E-state index in [0.717, 1.165) is 44.5 Å². The molecule has 0 saturated heterocycles. The van der Waals surface area contributed by atoms with E-state index in [-0.39, 0.29) is 17.9 Å². The van der Waals surface area contributed by atoms with E-state index in [1.807, 2.05) is 41.2 Å². The highest BCUT2D eigenvalue weighted by atomic mass is 19.1. The van der Waals surface area contributed by atoms with Gasteiger partial charge in [-0.25, -0.2) is 8.91 Å². The van der Waals surface area contributed by atoms with E-state index in [1.165, 1.54) is 12.1 Å². The number of fused-ring (bicyclic) bond motifs is 3. The molecule has 0 saturated carbocycles. The van der Waals surface area contributed by atoms with Crippen LogP contribution in [0.3, 0.4) is 0 Å². The fourth-order valence-electron chi connectivity index (χ4n) is 5.68. The van der Waals surface area contributed by atoms with Gasteiger partial charge in [-0.2, -0.15) is 5.10 Å². The van der Waals surface area contributed by atoms with Crippen molar-refractivity contribution in [2.45, 2.75) is 19.0 Å². The number of ether oxygens (including phenoxy) is 1. The number of carbonyl (C=O) groups is 1. The molecule has 4 heterocycles. The molecule has 0 spiro atoms. The lowest BCUT2D eigenvalue weighted by Gasteiger charge is -2.42. The van der Waals surface area contributed by atoms with E-state index in [1.54, 1.807) is 18.2 Å². The van der Waals surface area contributed by atoms with Crippen molar-refractivity contribution in [3.63, 3.8) is 0 Å². The monoisotopic (exact) mass is 531 g/mol. The Bertz CT molecular complexity index is 1860. The van der Waals surface area contributed by atoms with Crippen molar-refractivity contribution in [2.24, 2.45) is 5.73 Å². The quantitative estimate of drug-likeness (QED) is 0.269. The number of benzene rings is 3. The molecule has 1 amide bonds. The number of nitrogens with one attached hydrogen (secondary N) is 1. The van der Waals surface area contributed by atoms with Gasteiger partial charge >= 0.3 is 0 Å². The number of primary amides is 1. The minimum Gasteiger partial charge on any atom is -0.489 e. The van der Waals surface area contributed by atoms with Crippen LogP contribution in [0.4, 0.5) is 10.1 Å². The zero-order valence-corrected chi connectivity index (χ0v) is 21.7. The summed E-state index contributed by atoms with van der Waals surface area (Å²) in [6.45, 7) is 2.53. The fraction of sp³-hybridized carbons (Fsp3) is 0.125. The van der Waals surface area contributed by atoms with Crippen LogP contribution in [0.25, 0.3) is 27.5 Å². The van der Waals surface area contributed by atoms with E-state index >= 15 is 0 Å². The van der Waals surface area contributed by atoms with Crippen LogP contribution in [0.1, 0.15) is 40.6 Å². The molecule has 0 fully saturated rings. The molecule has 6 aromatic rings. The second-order valence-corrected chi connectivity index (χ2v) is 10.1. The third-order valence-electron chi connectivity index (χ3n) is 7.77. The largest absolute Gasteiger partial charge is 0.489 e. The van der Waals surface area contributed by atoms with Gasteiger partial charge in [-0.15, -0.1) is 0 Å². The molecule has 3 aromatic carbocycles.